The zero-order chi connectivity index (χ0) is 14.0. The van der Waals surface area contributed by atoms with E-state index in [0.29, 0.717) is 17.0 Å². The van der Waals surface area contributed by atoms with Gasteiger partial charge in [0.15, 0.2) is 5.82 Å². The molecule has 0 aliphatic heterocycles. The molecule has 0 fully saturated rings. The maximum atomic E-state index is 12.0. The van der Waals surface area contributed by atoms with Crippen LogP contribution in [0, 0.1) is 13.8 Å². The van der Waals surface area contributed by atoms with Crippen LogP contribution in [0.1, 0.15) is 21.8 Å². The first kappa shape index (κ1) is 12.8. The molecule has 8 heteroatoms. The van der Waals surface area contributed by atoms with Gasteiger partial charge in [0.25, 0.3) is 5.91 Å². The van der Waals surface area contributed by atoms with Gasteiger partial charge in [-0.05, 0) is 13.8 Å². The maximum Gasteiger partial charge on any atom is 0.325 e. The van der Waals surface area contributed by atoms with E-state index < -0.39 is 11.9 Å². The van der Waals surface area contributed by atoms with Gasteiger partial charge in [-0.3, -0.25) is 14.3 Å². The molecule has 0 saturated carbocycles. The molecule has 0 saturated heterocycles. The lowest BCUT2D eigenvalue weighted by atomic mass is 10.2. The third-order valence-electron chi connectivity index (χ3n) is 2.44. The fraction of sp³-hybridized carbons (Fsp3) is 0.273. The lowest BCUT2D eigenvalue weighted by Crippen LogP contribution is -2.15. The van der Waals surface area contributed by atoms with E-state index in [1.165, 1.54) is 16.9 Å². The number of carboxylic acids is 1. The summed E-state index contributed by atoms with van der Waals surface area (Å²) >= 11 is 0. The van der Waals surface area contributed by atoms with Crippen molar-refractivity contribution in [3.8, 4) is 0 Å². The summed E-state index contributed by atoms with van der Waals surface area (Å²) in [7, 11) is 0. The molecule has 2 heterocycles. The van der Waals surface area contributed by atoms with Gasteiger partial charge in [-0.2, -0.15) is 5.10 Å². The third kappa shape index (κ3) is 2.79. The van der Waals surface area contributed by atoms with Gasteiger partial charge in [-0.15, -0.1) is 0 Å². The normalized spacial score (nSPS) is 10.4. The first-order valence-electron chi connectivity index (χ1n) is 5.47. The summed E-state index contributed by atoms with van der Waals surface area (Å²) < 4.78 is 6.11. The SMILES string of the molecule is Cc1noc(C)c1C(=O)Nc1ccn(CC(=O)O)n1. The first-order chi connectivity index (χ1) is 8.97. The molecule has 100 valence electrons. The van der Waals surface area contributed by atoms with E-state index >= 15 is 0 Å². The second-order valence-electron chi connectivity index (χ2n) is 3.95. The molecule has 2 aromatic heterocycles. The van der Waals surface area contributed by atoms with Gasteiger partial charge in [0.2, 0.25) is 0 Å². The quantitative estimate of drug-likeness (QED) is 0.846. The predicted molar refractivity (Wildman–Crippen MR) is 63.8 cm³/mol. The number of nitrogens with zero attached hydrogens (tertiary/aromatic N) is 3. The highest BCUT2D eigenvalue weighted by molar-refractivity contribution is 6.05. The summed E-state index contributed by atoms with van der Waals surface area (Å²) in [6.45, 7) is 3.04. The van der Waals surface area contributed by atoms with E-state index in [1.54, 1.807) is 13.8 Å². The lowest BCUT2D eigenvalue weighted by Gasteiger charge is -2.00. The van der Waals surface area contributed by atoms with Crippen LogP contribution in [-0.4, -0.2) is 31.9 Å². The van der Waals surface area contributed by atoms with Crippen LogP contribution in [0.4, 0.5) is 5.82 Å². The lowest BCUT2D eigenvalue weighted by molar-refractivity contribution is -0.137. The smallest absolute Gasteiger partial charge is 0.325 e. The fourth-order valence-electron chi connectivity index (χ4n) is 1.64. The Hall–Kier alpha value is -2.64. The summed E-state index contributed by atoms with van der Waals surface area (Å²) in [4.78, 5) is 22.5. The van der Waals surface area contributed by atoms with Gasteiger partial charge in [0.05, 0.1) is 5.69 Å². The van der Waals surface area contributed by atoms with Crippen molar-refractivity contribution >= 4 is 17.7 Å². The number of aromatic nitrogens is 3. The number of carboxylic acid groups (broad SMARTS) is 1. The fourth-order valence-corrected chi connectivity index (χ4v) is 1.64. The van der Waals surface area contributed by atoms with Gasteiger partial charge in [-0.25, -0.2) is 0 Å². The second-order valence-corrected chi connectivity index (χ2v) is 3.95. The molecule has 2 N–H and O–H groups in total. The molecular weight excluding hydrogens is 252 g/mol. The Morgan fingerprint density at radius 1 is 1.47 bits per heavy atom. The van der Waals surface area contributed by atoms with E-state index in [4.69, 9.17) is 9.63 Å². The Bertz CT molecular complexity index is 609. The number of aryl methyl sites for hydroxylation is 2. The molecule has 8 nitrogen and oxygen atoms in total. The minimum Gasteiger partial charge on any atom is -0.480 e. The largest absolute Gasteiger partial charge is 0.480 e. The number of rotatable bonds is 4. The highest BCUT2D eigenvalue weighted by atomic mass is 16.5. The molecule has 19 heavy (non-hydrogen) atoms. The Kier molecular flexibility index (Phi) is 3.32. The topological polar surface area (TPSA) is 110 Å². The minimum absolute atomic E-state index is 0.263. The van der Waals surface area contributed by atoms with Crippen molar-refractivity contribution in [2.45, 2.75) is 20.4 Å². The molecule has 0 aromatic carbocycles. The molecule has 1 amide bonds. The van der Waals surface area contributed by atoms with Crippen molar-refractivity contribution in [3.63, 3.8) is 0 Å². The summed E-state index contributed by atoms with van der Waals surface area (Å²) in [6.07, 6.45) is 1.47. The van der Waals surface area contributed by atoms with Crippen LogP contribution in [0.15, 0.2) is 16.8 Å². The first-order valence-corrected chi connectivity index (χ1v) is 5.47. The number of hydrogen-bond acceptors (Lipinski definition) is 5. The van der Waals surface area contributed by atoms with Crippen molar-refractivity contribution in [1.82, 2.24) is 14.9 Å². The van der Waals surface area contributed by atoms with Crippen molar-refractivity contribution in [3.05, 3.63) is 29.3 Å². The van der Waals surface area contributed by atoms with Crippen LogP contribution in [0.3, 0.4) is 0 Å². The number of aliphatic carboxylic acids is 1. The maximum absolute atomic E-state index is 12.0. The van der Waals surface area contributed by atoms with Gasteiger partial charge in [0, 0.05) is 12.3 Å². The Labute approximate surface area is 108 Å². The van der Waals surface area contributed by atoms with E-state index in [-0.39, 0.29) is 12.4 Å². The molecule has 2 rings (SSSR count). The molecule has 0 bridgehead atoms. The van der Waals surface area contributed by atoms with E-state index in [0.717, 1.165) is 0 Å². The molecule has 0 aliphatic rings. The monoisotopic (exact) mass is 264 g/mol. The summed E-state index contributed by atoms with van der Waals surface area (Å²) in [5, 5.41) is 18.8. The predicted octanol–water partition coefficient (Wildman–Crippen LogP) is 0.825. The highest BCUT2D eigenvalue weighted by Crippen LogP contribution is 2.14. The average molecular weight is 264 g/mol. The van der Waals surface area contributed by atoms with Crippen LogP contribution >= 0.6 is 0 Å². The molecule has 0 radical (unpaired) electrons. The molecular formula is C11H12N4O4. The number of carbonyl (C=O) groups is 2. The molecule has 0 spiro atoms. The number of nitrogens with one attached hydrogen (secondary N) is 1. The van der Waals surface area contributed by atoms with Crippen LogP contribution in [0.2, 0.25) is 0 Å². The van der Waals surface area contributed by atoms with Crippen LogP contribution in [0.5, 0.6) is 0 Å². The number of anilines is 1. The van der Waals surface area contributed by atoms with Crippen molar-refractivity contribution in [1.29, 1.82) is 0 Å². The molecule has 2 aromatic rings. The Morgan fingerprint density at radius 3 is 2.79 bits per heavy atom. The van der Waals surface area contributed by atoms with Crippen LogP contribution in [-0.2, 0) is 11.3 Å². The van der Waals surface area contributed by atoms with E-state index in [2.05, 4.69) is 15.6 Å². The molecule has 0 unspecified atom stereocenters. The standard InChI is InChI=1S/C11H12N4O4/c1-6-10(7(2)19-14-6)11(18)12-8-3-4-15(13-8)5-9(16)17/h3-4H,5H2,1-2H3,(H,16,17)(H,12,13,18). The van der Waals surface area contributed by atoms with Gasteiger partial charge >= 0.3 is 5.97 Å². The van der Waals surface area contributed by atoms with Crippen molar-refractivity contribution in [2.75, 3.05) is 5.32 Å². The number of hydrogen-bond donors (Lipinski definition) is 2. The van der Waals surface area contributed by atoms with E-state index in [1.807, 2.05) is 0 Å². The van der Waals surface area contributed by atoms with Crippen molar-refractivity contribution < 1.29 is 19.2 Å². The Morgan fingerprint density at radius 2 is 2.21 bits per heavy atom. The third-order valence-corrected chi connectivity index (χ3v) is 2.44. The zero-order valence-corrected chi connectivity index (χ0v) is 10.4. The second kappa shape index (κ2) is 4.92. The Balaban J connectivity index is 2.11. The van der Waals surface area contributed by atoms with E-state index in [9.17, 15) is 9.59 Å². The zero-order valence-electron chi connectivity index (χ0n) is 10.4. The van der Waals surface area contributed by atoms with Crippen LogP contribution in [0.25, 0.3) is 0 Å². The summed E-state index contributed by atoms with van der Waals surface area (Å²) in [5.41, 5.74) is 0.841. The molecule has 0 atom stereocenters. The average Bonchev–Trinajstić information content (AvgIpc) is 2.85. The van der Waals surface area contributed by atoms with Crippen molar-refractivity contribution in [2.24, 2.45) is 0 Å². The summed E-state index contributed by atoms with van der Waals surface area (Å²) in [6, 6.07) is 1.51. The molecule has 0 aliphatic carbocycles. The highest BCUT2D eigenvalue weighted by Gasteiger charge is 2.18. The minimum atomic E-state index is -1.01. The number of amides is 1. The number of carbonyl (C=O) groups excluding carboxylic acids is 1. The van der Waals surface area contributed by atoms with Gasteiger partial charge < -0.3 is 14.9 Å². The summed E-state index contributed by atoms with van der Waals surface area (Å²) in [5.74, 6) is -0.713. The van der Waals surface area contributed by atoms with Gasteiger partial charge in [0.1, 0.15) is 17.9 Å². The van der Waals surface area contributed by atoms with Crippen LogP contribution < -0.4 is 5.32 Å². The van der Waals surface area contributed by atoms with Gasteiger partial charge in [-0.1, -0.05) is 5.16 Å².